The number of pyridine rings is 1. The molecule has 4 heterocycles. The van der Waals surface area contributed by atoms with E-state index in [1.165, 1.54) is 43.4 Å². The van der Waals surface area contributed by atoms with Crippen molar-refractivity contribution in [1.82, 2.24) is 24.8 Å². The number of allylic oxidation sites excluding steroid dienone is 2. The fraction of sp³-hybridized carbons (Fsp3) is 0.593. The van der Waals surface area contributed by atoms with Crippen molar-refractivity contribution in [3.8, 4) is 11.3 Å². The van der Waals surface area contributed by atoms with Gasteiger partial charge in [-0.3, -0.25) is 4.90 Å². The number of anilines is 2. The number of unbranched alkanes of at least 4 members (excludes halogenated alkanes) is 3. The lowest BCUT2D eigenvalue weighted by atomic mass is 10.1. The van der Waals surface area contributed by atoms with Gasteiger partial charge in [-0.1, -0.05) is 18.1 Å². The third-order valence-electron chi connectivity index (χ3n) is 6.78. The highest BCUT2D eigenvalue weighted by molar-refractivity contribution is 5.62. The lowest BCUT2D eigenvalue weighted by Crippen LogP contribution is -2.46. The lowest BCUT2D eigenvalue weighted by Gasteiger charge is -2.35. The number of aromatic nitrogens is 3. The summed E-state index contributed by atoms with van der Waals surface area (Å²) in [5, 5.41) is 0. The van der Waals surface area contributed by atoms with Crippen LogP contribution in [-0.4, -0.2) is 83.8 Å². The first kappa shape index (κ1) is 25.5. The predicted octanol–water partition coefficient (Wildman–Crippen LogP) is 3.60. The highest BCUT2D eigenvalue weighted by Gasteiger charge is 2.19. The average molecular weight is 480 g/mol. The van der Waals surface area contributed by atoms with Gasteiger partial charge in [0.25, 0.3) is 0 Å². The molecule has 35 heavy (non-hydrogen) atoms. The van der Waals surface area contributed by atoms with Gasteiger partial charge in [-0.25, -0.2) is 15.0 Å². The molecule has 0 amide bonds. The Morgan fingerprint density at radius 3 is 2.37 bits per heavy atom. The second-order valence-electron chi connectivity index (χ2n) is 9.90. The van der Waals surface area contributed by atoms with Gasteiger partial charge in [0, 0.05) is 63.8 Å². The molecule has 0 unspecified atom stereocenters. The molecule has 2 aromatic rings. The quantitative estimate of drug-likeness (QED) is 0.409. The van der Waals surface area contributed by atoms with Gasteiger partial charge in [0.05, 0.1) is 18.9 Å². The molecule has 0 aromatic carbocycles. The summed E-state index contributed by atoms with van der Waals surface area (Å²) in [5.41, 5.74) is 10.2. The largest absolute Gasteiger partial charge is 0.378 e. The van der Waals surface area contributed by atoms with Crippen LogP contribution in [0.15, 0.2) is 36.2 Å². The maximum absolute atomic E-state index is 5.70. The maximum atomic E-state index is 5.70. The van der Waals surface area contributed by atoms with E-state index in [1.54, 1.807) is 12.4 Å². The zero-order valence-corrected chi connectivity index (χ0v) is 21.5. The average Bonchev–Trinajstić information content (AvgIpc) is 2.88. The molecule has 0 saturated carbocycles. The van der Waals surface area contributed by atoms with Gasteiger partial charge in [-0.2, -0.15) is 0 Å². The summed E-state index contributed by atoms with van der Waals surface area (Å²) in [5.74, 6) is 1.29. The Bertz CT molecular complexity index is 945. The van der Waals surface area contributed by atoms with Crippen LogP contribution in [-0.2, 0) is 11.3 Å². The van der Waals surface area contributed by atoms with Crippen molar-refractivity contribution in [3.63, 3.8) is 0 Å². The summed E-state index contributed by atoms with van der Waals surface area (Å²) in [6, 6.07) is 4.42. The van der Waals surface area contributed by atoms with Gasteiger partial charge in [0.15, 0.2) is 0 Å². The van der Waals surface area contributed by atoms with E-state index in [1.807, 2.05) is 0 Å². The first-order valence-corrected chi connectivity index (χ1v) is 13.1. The van der Waals surface area contributed by atoms with Crippen LogP contribution in [0, 0.1) is 0 Å². The van der Waals surface area contributed by atoms with Crippen LogP contribution in [0.4, 0.5) is 11.8 Å². The Hall–Kier alpha value is -2.55. The molecule has 2 saturated heterocycles. The van der Waals surface area contributed by atoms with Crippen LogP contribution in [0.5, 0.6) is 0 Å². The maximum Gasteiger partial charge on any atom is 0.219 e. The van der Waals surface area contributed by atoms with Gasteiger partial charge in [-0.15, -0.1) is 0 Å². The van der Waals surface area contributed by atoms with Crippen LogP contribution in [0.25, 0.3) is 11.3 Å². The van der Waals surface area contributed by atoms with E-state index in [9.17, 15) is 0 Å². The number of morpholine rings is 1. The molecule has 0 spiro atoms. The zero-order valence-electron chi connectivity index (χ0n) is 21.5. The van der Waals surface area contributed by atoms with Crippen LogP contribution >= 0.6 is 0 Å². The lowest BCUT2D eigenvalue weighted by molar-refractivity contribution is 0.122. The molecule has 0 bridgehead atoms. The van der Waals surface area contributed by atoms with Crippen molar-refractivity contribution >= 4 is 11.8 Å². The topological polar surface area (TPSA) is 83.6 Å². The van der Waals surface area contributed by atoms with Crippen LogP contribution in [0.1, 0.15) is 45.1 Å². The summed E-state index contributed by atoms with van der Waals surface area (Å²) in [7, 11) is 0. The molecule has 2 N–H and O–H groups in total. The number of hydrogen-bond donors (Lipinski definition) is 1. The number of hydrogen-bond acceptors (Lipinski definition) is 8. The van der Waals surface area contributed by atoms with E-state index in [0.29, 0.717) is 0 Å². The first-order chi connectivity index (χ1) is 17.1. The molecule has 8 heteroatoms. The zero-order chi connectivity index (χ0) is 24.5. The third-order valence-corrected chi connectivity index (χ3v) is 6.78. The Labute approximate surface area is 210 Å². The minimum atomic E-state index is 0.282. The SMILES string of the molecule is CC(C)=CCCCCCN1CCN(Cc2cc(-c3cnc(N)nc3)nc(N3CCOCC3)c2)CC1. The molecule has 0 radical (unpaired) electrons. The predicted molar refractivity (Wildman–Crippen MR) is 142 cm³/mol. The number of ether oxygens (including phenoxy) is 1. The Balaban J connectivity index is 1.34. The van der Waals surface area contributed by atoms with Gasteiger partial charge in [0.1, 0.15) is 5.82 Å². The minimum Gasteiger partial charge on any atom is -0.378 e. The van der Waals surface area contributed by atoms with E-state index < -0.39 is 0 Å². The van der Waals surface area contributed by atoms with Gasteiger partial charge in [-0.05, 0) is 57.4 Å². The molecule has 190 valence electrons. The first-order valence-electron chi connectivity index (χ1n) is 13.1. The Morgan fingerprint density at radius 1 is 0.943 bits per heavy atom. The number of nitrogen functional groups attached to an aromatic ring is 1. The van der Waals surface area contributed by atoms with Crippen LogP contribution in [0.3, 0.4) is 0 Å². The Kier molecular flexibility index (Phi) is 9.45. The van der Waals surface area contributed by atoms with E-state index in [4.69, 9.17) is 15.5 Å². The third kappa shape index (κ3) is 7.98. The number of piperazine rings is 1. The molecular weight excluding hydrogens is 438 g/mol. The summed E-state index contributed by atoms with van der Waals surface area (Å²) < 4.78 is 5.55. The molecule has 4 rings (SSSR count). The van der Waals surface area contributed by atoms with Gasteiger partial charge >= 0.3 is 0 Å². The summed E-state index contributed by atoms with van der Waals surface area (Å²) in [4.78, 5) is 20.8. The van der Waals surface area contributed by atoms with Gasteiger partial charge < -0.3 is 20.3 Å². The summed E-state index contributed by atoms with van der Waals surface area (Å²) >= 11 is 0. The van der Waals surface area contributed by atoms with Crippen molar-refractivity contribution in [2.75, 3.05) is 69.7 Å². The summed E-state index contributed by atoms with van der Waals surface area (Å²) in [6.07, 6.45) is 11.0. The molecule has 2 aliphatic heterocycles. The summed E-state index contributed by atoms with van der Waals surface area (Å²) in [6.45, 7) is 14.2. The van der Waals surface area contributed by atoms with Crippen molar-refractivity contribution in [2.45, 2.75) is 46.1 Å². The molecule has 2 aliphatic rings. The molecular formula is C27H41N7O. The van der Waals surface area contributed by atoms with Gasteiger partial charge in [0.2, 0.25) is 5.95 Å². The smallest absolute Gasteiger partial charge is 0.219 e. The normalized spacial score (nSPS) is 17.5. The number of nitrogens with zero attached hydrogens (tertiary/aromatic N) is 6. The molecule has 8 nitrogen and oxygen atoms in total. The van der Waals surface area contributed by atoms with E-state index in [-0.39, 0.29) is 5.95 Å². The Morgan fingerprint density at radius 2 is 1.66 bits per heavy atom. The van der Waals surface area contributed by atoms with Crippen molar-refractivity contribution in [3.05, 3.63) is 41.7 Å². The standard InChI is InChI=1S/C27H41N7O/c1-22(2)7-5-3-4-6-8-32-9-11-33(12-10-32)21-23-17-25(24-19-29-27(28)30-20-24)31-26(18-23)34-13-15-35-16-14-34/h7,17-20H,3-6,8-16,21H2,1-2H3,(H2,28,29,30). The number of nitrogens with two attached hydrogens (primary N) is 1. The molecule has 2 aromatic heterocycles. The van der Waals surface area contributed by atoms with E-state index in [0.717, 1.165) is 76.1 Å². The molecule has 2 fully saturated rings. The van der Waals surface area contributed by atoms with E-state index >= 15 is 0 Å². The van der Waals surface area contributed by atoms with Crippen molar-refractivity contribution in [2.24, 2.45) is 0 Å². The van der Waals surface area contributed by atoms with E-state index in [2.05, 4.69) is 56.7 Å². The second-order valence-corrected chi connectivity index (χ2v) is 9.90. The van der Waals surface area contributed by atoms with Crippen LogP contribution < -0.4 is 10.6 Å². The van der Waals surface area contributed by atoms with Crippen LogP contribution in [0.2, 0.25) is 0 Å². The fourth-order valence-electron chi connectivity index (χ4n) is 4.71. The van der Waals surface area contributed by atoms with Crippen molar-refractivity contribution in [1.29, 1.82) is 0 Å². The van der Waals surface area contributed by atoms with Crippen molar-refractivity contribution < 1.29 is 4.74 Å². The number of rotatable bonds is 10. The monoisotopic (exact) mass is 479 g/mol. The minimum absolute atomic E-state index is 0.282. The molecule has 0 atom stereocenters. The second kappa shape index (κ2) is 13.0. The fourth-order valence-corrected chi connectivity index (χ4v) is 4.71. The molecule has 0 aliphatic carbocycles. The highest BCUT2D eigenvalue weighted by atomic mass is 16.5. The highest BCUT2D eigenvalue weighted by Crippen LogP contribution is 2.24.